The number of nitrogens with zero attached hydrogens (tertiary/aromatic N) is 3. The average Bonchev–Trinajstić information content (AvgIpc) is 2.33. The smallest absolute Gasteiger partial charge is 0.0110 e. The molecule has 4 heteroatoms. The van der Waals surface area contributed by atoms with Crippen LogP contribution < -0.4 is 5.73 Å². The normalized spacial score (nSPS) is 20.6. The maximum atomic E-state index is 6.24. The Labute approximate surface area is 126 Å². The van der Waals surface area contributed by atoms with Gasteiger partial charge in [0.1, 0.15) is 0 Å². The lowest BCUT2D eigenvalue weighted by atomic mass is 9.87. The molecule has 20 heavy (non-hydrogen) atoms. The molecule has 0 radical (unpaired) electrons. The summed E-state index contributed by atoms with van der Waals surface area (Å²) < 4.78 is 0. The van der Waals surface area contributed by atoms with Crippen LogP contribution in [-0.4, -0.2) is 80.7 Å². The van der Waals surface area contributed by atoms with E-state index in [1.54, 1.807) is 0 Å². The first-order valence-electron chi connectivity index (χ1n) is 8.11. The summed E-state index contributed by atoms with van der Waals surface area (Å²) in [6.45, 7) is 15.2. The molecule has 1 fully saturated rings. The highest BCUT2D eigenvalue weighted by Crippen LogP contribution is 2.21. The van der Waals surface area contributed by atoms with Gasteiger partial charge >= 0.3 is 0 Å². The Kier molecular flexibility index (Phi) is 7.45. The SMILES string of the molecule is CN(C)CCN1CCN(CCC(N)CC(C)(C)C)CC1. The first kappa shape index (κ1) is 17.9. The van der Waals surface area contributed by atoms with E-state index in [1.165, 1.54) is 39.3 Å². The van der Waals surface area contributed by atoms with E-state index in [2.05, 4.69) is 49.6 Å². The first-order valence-corrected chi connectivity index (χ1v) is 8.11. The lowest BCUT2D eigenvalue weighted by Crippen LogP contribution is -2.48. The molecule has 0 saturated carbocycles. The second-order valence-corrected chi connectivity index (χ2v) is 7.80. The Bertz CT molecular complexity index is 252. The van der Waals surface area contributed by atoms with Gasteiger partial charge in [-0.2, -0.15) is 0 Å². The van der Waals surface area contributed by atoms with Crippen LogP contribution in [-0.2, 0) is 0 Å². The highest BCUT2D eigenvalue weighted by Gasteiger charge is 2.19. The van der Waals surface area contributed by atoms with Crippen LogP contribution in [0.2, 0.25) is 0 Å². The summed E-state index contributed by atoms with van der Waals surface area (Å²) in [5.41, 5.74) is 6.59. The van der Waals surface area contributed by atoms with Crippen LogP contribution in [0.3, 0.4) is 0 Å². The second kappa shape index (κ2) is 8.32. The molecular weight excluding hydrogens is 248 g/mol. The van der Waals surface area contributed by atoms with Crippen molar-refractivity contribution in [1.82, 2.24) is 14.7 Å². The third-order valence-corrected chi connectivity index (χ3v) is 4.02. The van der Waals surface area contributed by atoms with Crippen molar-refractivity contribution in [2.24, 2.45) is 11.1 Å². The molecule has 0 bridgehead atoms. The molecule has 0 aromatic rings. The zero-order valence-corrected chi connectivity index (χ0v) is 14.4. The molecule has 0 amide bonds. The van der Waals surface area contributed by atoms with E-state index in [9.17, 15) is 0 Å². The maximum Gasteiger partial charge on any atom is 0.0110 e. The van der Waals surface area contributed by atoms with Crippen LogP contribution in [0.5, 0.6) is 0 Å². The van der Waals surface area contributed by atoms with E-state index in [1.807, 2.05) is 0 Å². The third-order valence-electron chi connectivity index (χ3n) is 4.02. The molecule has 1 atom stereocenters. The summed E-state index contributed by atoms with van der Waals surface area (Å²) in [7, 11) is 4.29. The monoisotopic (exact) mass is 284 g/mol. The maximum absolute atomic E-state index is 6.24. The Morgan fingerprint density at radius 1 is 1.00 bits per heavy atom. The number of nitrogens with two attached hydrogens (primary N) is 1. The van der Waals surface area contributed by atoms with E-state index in [0.29, 0.717) is 11.5 Å². The summed E-state index contributed by atoms with van der Waals surface area (Å²) in [4.78, 5) is 7.41. The summed E-state index contributed by atoms with van der Waals surface area (Å²) >= 11 is 0. The number of likely N-dealkylation sites (N-methyl/N-ethyl adjacent to an activating group) is 1. The predicted molar refractivity (Wildman–Crippen MR) is 88.1 cm³/mol. The quantitative estimate of drug-likeness (QED) is 0.765. The van der Waals surface area contributed by atoms with Crippen molar-refractivity contribution in [3.63, 3.8) is 0 Å². The molecule has 0 aromatic carbocycles. The van der Waals surface area contributed by atoms with Crippen LogP contribution in [0.1, 0.15) is 33.6 Å². The fraction of sp³-hybridized carbons (Fsp3) is 1.00. The van der Waals surface area contributed by atoms with E-state index < -0.39 is 0 Å². The molecule has 1 unspecified atom stereocenters. The Balaban J connectivity index is 2.13. The second-order valence-electron chi connectivity index (χ2n) is 7.80. The summed E-state index contributed by atoms with van der Waals surface area (Å²) in [6.07, 6.45) is 2.25. The number of hydrogen-bond acceptors (Lipinski definition) is 4. The Morgan fingerprint density at radius 2 is 1.50 bits per heavy atom. The van der Waals surface area contributed by atoms with Crippen molar-refractivity contribution in [1.29, 1.82) is 0 Å². The minimum absolute atomic E-state index is 0.349. The van der Waals surface area contributed by atoms with Crippen molar-refractivity contribution in [2.45, 2.75) is 39.7 Å². The first-order chi connectivity index (χ1) is 9.26. The molecule has 2 N–H and O–H groups in total. The van der Waals surface area contributed by atoms with Crippen LogP contribution in [0.4, 0.5) is 0 Å². The lowest BCUT2D eigenvalue weighted by molar-refractivity contribution is 0.121. The highest BCUT2D eigenvalue weighted by atomic mass is 15.3. The molecule has 4 nitrogen and oxygen atoms in total. The van der Waals surface area contributed by atoms with Crippen molar-refractivity contribution in [3.8, 4) is 0 Å². The predicted octanol–water partition coefficient (Wildman–Crippen LogP) is 1.32. The van der Waals surface area contributed by atoms with Crippen LogP contribution in [0.15, 0.2) is 0 Å². The number of rotatable bonds is 7. The van der Waals surface area contributed by atoms with Gasteiger partial charge in [-0.05, 0) is 38.9 Å². The molecule has 1 saturated heterocycles. The van der Waals surface area contributed by atoms with Crippen LogP contribution >= 0.6 is 0 Å². The van der Waals surface area contributed by atoms with E-state index in [0.717, 1.165) is 19.4 Å². The molecule has 120 valence electrons. The van der Waals surface area contributed by atoms with Gasteiger partial charge in [-0.3, -0.25) is 4.90 Å². The van der Waals surface area contributed by atoms with Crippen molar-refractivity contribution < 1.29 is 0 Å². The van der Waals surface area contributed by atoms with Crippen LogP contribution in [0.25, 0.3) is 0 Å². The summed E-state index contributed by atoms with van der Waals surface area (Å²) in [5, 5.41) is 0. The van der Waals surface area contributed by atoms with Gasteiger partial charge in [0, 0.05) is 45.3 Å². The fourth-order valence-electron chi connectivity index (χ4n) is 2.81. The molecular formula is C16H36N4. The molecule has 1 rings (SSSR count). The molecule has 0 aromatic heterocycles. The largest absolute Gasteiger partial charge is 0.328 e. The van der Waals surface area contributed by atoms with Crippen molar-refractivity contribution in [3.05, 3.63) is 0 Å². The summed E-state index contributed by atoms with van der Waals surface area (Å²) in [5.74, 6) is 0. The van der Waals surface area contributed by atoms with E-state index in [-0.39, 0.29) is 0 Å². The van der Waals surface area contributed by atoms with Gasteiger partial charge in [-0.15, -0.1) is 0 Å². The van der Waals surface area contributed by atoms with Gasteiger partial charge in [0.05, 0.1) is 0 Å². The van der Waals surface area contributed by atoms with Gasteiger partial charge < -0.3 is 15.5 Å². The fourth-order valence-corrected chi connectivity index (χ4v) is 2.81. The van der Waals surface area contributed by atoms with E-state index >= 15 is 0 Å². The average molecular weight is 284 g/mol. The minimum atomic E-state index is 0.349. The van der Waals surface area contributed by atoms with Gasteiger partial charge in [0.2, 0.25) is 0 Å². The van der Waals surface area contributed by atoms with Gasteiger partial charge in [-0.25, -0.2) is 0 Å². The van der Waals surface area contributed by atoms with Crippen molar-refractivity contribution >= 4 is 0 Å². The number of piperazine rings is 1. The molecule has 0 aliphatic carbocycles. The zero-order chi connectivity index (χ0) is 15.2. The standard InChI is InChI=1S/C16H36N4/c1-16(2,3)14-15(17)6-7-19-10-12-20(13-11-19)9-8-18(4)5/h15H,6-14,17H2,1-5H3. The lowest BCUT2D eigenvalue weighted by Gasteiger charge is -2.35. The topological polar surface area (TPSA) is 35.7 Å². The van der Waals surface area contributed by atoms with Crippen molar-refractivity contribution in [2.75, 3.05) is 59.9 Å². The minimum Gasteiger partial charge on any atom is -0.328 e. The third kappa shape index (κ3) is 8.20. The molecule has 1 aliphatic heterocycles. The molecule has 1 aliphatic rings. The van der Waals surface area contributed by atoms with Gasteiger partial charge in [-0.1, -0.05) is 20.8 Å². The molecule has 1 heterocycles. The van der Waals surface area contributed by atoms with E-state index in [4.69, 9.17) is 5.73 Å². The molecule has 0 spiro atoms. The van der Waals surface area contributed by atoms with Crippen LogP contribution in [0, 0.1) is 5.41 Å². The van der Waals surface area contributed by atoms with Gasteiger partial charge in [0.25, 0.3) is 0 Å². The van der Waals surface area contributed by atoms with Gasteiger partial charge in [0.15, 0.2) is 0 Å². The Morgan fingerprint density at radius 3 is 1.95 bits per heavy atom. The summed E-state index contributed by atoms with van der Waals surface area (Å²) in [6, 6.07) is 0.349. The zero-order valence-electron chi connectivity index (χ0n) is 14.4. The Hall–Kier alpha value is -0.160. The highest BCUT2D eigenvalue weighted by molar-refractivity contribution is 4.76. The number of hydrogen-bond donors (Lipinski definition) is 1.